The molecule has 0 aromatic carbocycles. The van der Waals surface area contributed by atoms with Crippen molar-refractivity contribution in [2.24, 2.45) is 5.92 Å². The van der Waals surface area contributed by atoms with Gasteiger partial charge in [0, 0.05) is 6.04 Å². The van der Waals surface area contributed by atoms with E-state index in [1.165, 1.54) is 0 Å². The molecule has 3 fully saturated rings. The lowest BCUT2D eigenvalue weighted by atomic mass is 9.80. The van der Waals surface area contributed by atoms with Crippen LogP contribution in [0.2, 0.25) is 0 Å². The smallest absolute Gasteiger partial charge is 0.323 e. The maximum Gasteiger partial charge on any atom is 0.323 e. The van der Waals surface area contributed by atoms with Crippen molar-refractivity contribution in [1.82, 2.24) is 5.32 Å². The molecule has 0 spiro atoms. The second-order valence-electron chi connectivity index (χ2n) is 4.31. The average Bonchev–Trinajstić information content (AvgIpc) is 2.14. The first-order valence-electron chi connectivity index (χ1n) is 4.63. The summed E-state index contributed by atoms with van der Waals surface area (Å²) in [4.78, 5) is 10.9. The van der Waals surface area contributed by atoms with Gasteiger partial charge < -0.3 is 5.11 Å². The molecule has 2 aliphatic heterocycles. The first-order valence-corrected chi connectivity index (χ1v) is 4.63. The molecule has 68 valence electrons. The van der Waals surface area contributed by atoms with Crippen LogP contribution in [-0.4, -0.2) is 22.7 Å². The van der Waals surface area contributed by atoms with Crippen molar-refractivity contribution in [3.8, 4) is 0 Å². The Hall–Kier alpha value is -0.570. The molecule has 0 aromatic rings. The van der Waals surface area contributed by atoms with Gasteiger partial charge in [0.1, 0.15) is 5.54 Å². The van der Waals surface area contributed by atoms with E-state index < -0.39 is 11.5 Å². The fourth-order valence-corrected chi connectivity index (χ4v) is 2.46. The van der Waals surface area contributed by atoms with Crippen molar-refractivity contribution in [2.75, 3.05) is 0 Å². The van der Waals surface area contributed by atoms with Crippen molar-refractivity contribution in [3.05, 3.63) is 0 Å². The summed E-state index contributed by atoms with van der Waals surface area (Å²) in [5, 5.41) is 12.2. The minimum atomic E-state index is -0.659. The van der Waals surface area contributed by atoms with Crippen LogP contribution in [0.1, 0.15) is 32.6 Å². The number of hydrogen-bond acceptors (Lipinski definition) is 2. The molecule has 0 radical (unpaired) electrons. The predicted molar refractivity (Wildman–Crippen MR) is 44.9 cm³/mol. The Kier molecular flexibility index (Phi) is 1.65. The van der Waals surface area contributed by atoms with Crippen LogP contribution in [0.25, 0.3) is 0 Å². The van der Waals surface area contributed by atoms with Gasteiger partial charge in [-0.1, -0.05) is 6.92 Å². The molecule has 0 amide bonds. The number of carboxylic acids is 1. The lowest BCUT2D eigenvalue weighted by molar-refractivity contribution is -0.150. The first kappa shape index (κ1) is 8.05. The minimum absolute atomic E-state index is 0.471. The van der Waals surface area contributed by atoms with Gasteiger partial charge in [-0.05, 0) is 31.6 Å². The van der Waals surface area contributed by atoms with Crippen LogP contribution >= 0.6 is 0 Å². The number of carboxylic acid groups (broad SMARTS) is 1. The maximum absolute atomic E-state index is 10.9. The average molecular weight is 169 g/mol. The Labute approximate surface area is 72.2 Å². The largest absolute Gasteiger partial charge is 0.480 e. The summed E-state index contributed by atoms with van der Waals surface area (Å²) in [6.45, 7) is 2.21. The third-order valence-corrected chi connectivity index (χ3v) is 3.24. The van der Waals surface area contributed by atoms with E-state index in [2.05, 4.69) is 12.2 Å². The molecule has 0 aromatic heterocycles. The number of hydrogen-bond donors (Lipinski definition) is 2. The fourth-order valence-electron chi connectivity index (χ4n) is 2.46. The van der Waals surface area contributed by atoms with E-state index in [-0.39, 0.29) is 0 Å². The Morgan fingerprint density at radius 3 is 2.92 bits per heavy atom. The summed E-state index contributed by atoms with van der Waals surface area (Å²) in [6.07, 6.45) is 3.84. The second-order valence-corrected chi connectivity index (χ2v) is 4.31. The lowest BCUT2D eigenvalue weighted by Crippen LogP contribution is -2.66. The zero-order chi connectivity index (χ0) is 8.77. The molecular weight excluding hydrogens is 154 g/mol. The zero-order valence-electron chi connectivity index (χ0n) is 7.34. The van der Waals surface area contributed by atoms with Gasteiger partial charge in [-0.15, -0.1) is 0 Å². The molecule has 3 atom stereocenters. The van der Waals surface area contributed by atoms with E-state index in [4.69, 9.17) is 5.11 Å². The molecule has 2 heterocycles. The SMILES string of the molecule is CC1CCC2(C(=O)O)CC(C1)N2. The van der Waals surface area contributed by atoms with Gasteiger partial charge in [-0.25, -0.2) is 0 Å². The molecule has 1 saturated carbocycles. The van der Waals surface area contributed by atoms with Crippen LogP contribution < -0.4 is 5.32 Å². The third-order valence-electron chi connectivity index (χ3n) is 3.24. The van der Waals surface area contributed by atoms with Crippen LogP contribution in [0.4, 0.5) is 0 Å². The van der Waals surface area contributed by atoms with Crippen molar-refractivity contribution in [3.63, 3.8) is 0 Å². The van der Waals surface area contributed by atoms with E-state index >= 15 is 0 Å². The van der Waals surface area contributed by atoms with Gasteiger partial charge >= 0.3 is 5.97 Å². The van der Waals surface area contributed by atoms with Crippen molar-refractivity contribution >= 4 is 5.97 Å². The molecule has 12 heavy (non-hydrogen) atoms. The van der Waals surface area contributed by atoms with Gasteiger partial charge in [0.05, 0.1) is 0 Å². The summed E-state index contributed by atoms with van der Waals surface area (Å²) < 4.78 is 0. The number of nitrogens with one attached hydrogen (secondary N) is 1. The van der Waals surface area contributed by atoms with Crippen molar-refractivity contribution in [1.29, 1.82) is 0 Å². The maximum atomic E-state index is 10.9. The summed E-state index contributed by atoms with van der Waals surface area (Å²) in [5.41, 5.74) is -0.546. The highest BCUT2D eigenvalue weighted by atomic mass is 16.4. The number of rotatable bonds is 1. The molecule has 2 bridgehead atoms. The molecule has 3 heteroatoms. The van der Waals surface area contributed by atoms with E-state index in [0.29, 0.717) is 12.0 Å². The molecule has 3 unspecified atom stereocenters. The Balaban J connectivity index is 2.10. The molecule has 3 rings (SSSR count). The first-order chi connectivity index (χ1) is 5.62. The van der Waals surface area contributed by atoms with Crippen LogP contribution in [0, 0.1) is 5.92 Å². The number of carbonyl (C=O) groups is 1. The Morgan fingerprint density at radius 1 is 1.67 bits per heavy atom. The van der Waals surface area contributed by atoms with Crippen LogP contribution in [0.5, 0.6) is 0 Å². The quantitative estimate of drug-likeness (QED) is 0.615. The molecule has 3 aliphatic rings. The van der Waals surface area contributed by atoms with E-state index in [1.807, 2.05) is 0 Å². The van der Waals surface area contributed by atoms with Crippen LogP contribution in [-0.2, 0) is 4.79 Å². The number of fused-ring (bicyclic) bond motifs is 3. The van der Waals surface area contributed by atoms with E-state index in [1.54, 1.807) is 0 Å². The Bertz CT molecular complexity index is 209. The standard InChI is InChI=1S/C9H15NO2/c1-6-2-3-9(8(11)12)5-7(4-6)10-9/h6-7,10H,2-5H2,1H3,(H,11,12). The lowest BCUT2D eigenvalue weighted by Gasteiger charge is -2.44. The molecule has 1 aliphatic carbocycles. The third kappa shape index (κ3) is 1.04. The fraction of sp³-hybridized carbons (Fsp3) is 0.889. The van der Waals surface area contributed by atoms with Gasteiger partial charge in [0.2, 0.25) is 0 Å². The van der Waals surface area contributed by atoms with Gasteiger partial charge in [-0.2, -0.15) is 0 Å². The van der Waals surface area contributed by atoms with E-state index in [9.17, 15) is 4.79 Å². The summed E-state index contributed by atoms with van der Waals surface area (Å²) in [6, 6.07) is 0.471. The highest BCUT2D eigenvalue weighted by molar-refractivity contribution is 5.80. The molecule has 3 nitrogen and oxygen atoms in total. The second kappa shape index (κ2) is 2.46. The highest BCUT2D eigenvalue weighted by Crippen LogP contribution is 2.38. The number of aliphatic carboxylic acids is 1. The summed E-state index contributed by atoms with van der Waals surface area (Å²) in [5.74, 6) is 0.0269. The predicted octanol–water partition coefficient (Wildman–Crippen LogP) is 0.992. The van der Waals surface area contributed by atoms with Crippen LogP contribution in [0.15, 0.2) is 0 Å². The molecular formula is C9H15NO2. The Morgan fingerprint density at radius 2 is 2.33 bits per heavy atom. The van der Waals surface area contributed by atoms with Crippen molar-refractivity contribution in [2.45, 2.75) is 44.2 Å². The summed E-state index contributed by atoms with van der Waals surface area (Å²) in [7, 11) is 0. The van der Waals surface area contributed by atoms with Gasteiger partial charge in [0.15, 0.2) is 0 Å². The van der Waals surface area contributed by atoms with Crippen molar-refractivity contribution < 1.29 is 9.90 Å². The monoisotopic (exact) mass is 169 g/mol. The normalized spacial score (nSPS) is 46.1. The minimum Gasteiger partial charge on any atom is -0.480 e. The molecule has 2 N–H and O–H groups in total. The van der Waals surface area contributed by atoms with E-state index in [0.717, 1.165) is 25.7 Å². The van der Waals surface area contributed by atoms with Gasteiger partial charge in [-0.3, -0.25) is 10.1 Å². The molecule has 2 saturated heterocycles. The highest BCUT2D eigenvalue weighted by Gasteiger charge is 2.51. The zero-order valence-corrected chi connectivity index (χ0v) is 7.34. The summed E-state index contributed by atoms with van der Waals surface area (Å²) >= 11 is 0. The van der Waals surface area contributed by atoms with Gasteiger partial charge in [0.25, 0.3) is 0 Å². The topological polar surface area (TPSA) is 49.3 Å². The van der Waals surface area contributed by atoms with Crippen LogP contribution in [0.3, 0.4) is 0 Å².